The summed E-state index contributed by atoms with van der Waals surface area (Å²) in [5.41, 5.74) is 2.79. The zero-order valence-corrected chi connectivity index (χ0v) is 40.6. The van der Waals surface area contributed by atoms with E-state index in [1.165, 1.54) is 47.0 Å². The Morgan fingerprint density at radius 3 is 2.30 bits per heavy atom. The predicted octanol–water partition coefficient (Wildman–Crippen LogP) is 4.48. The molecule has 22 heteroatoms. The van der Waals surface area contributed by atoms with Crippen molar-refractivity contribution < 1.29 is 47.7 Å². The monoisotopic (exact) mass is 1010 g/mol. The second-order valence-corrected chi connectivity index (χ2v) is 17.8. The van der Waals surface area contributed by atoms with Crippen molar-refractivity contribution in [1.29, 1.82) is 0 Å². The Kier molecular flexibility index (Phi) is 15.0. The molecule has 8 rings (SSSR count). The first kappa shape index (κ1) is 50.0. The summed E-state index contributed by atoms with van der Waals surface area (Å²) in [5, 5.41) is 8.86. The van der Waals surface area contributed by atoms with Crippen LogP contribution in [0.3, 0.4) is 0 Å². The molecule has 1 unspecified atom stereocenters. The van der Waals surface area contributed by atoms with Crippen molar-refractivity contribution in [2.24, 2.45) is 7.05 Å². The predicted molar refractivity (Wildman–Crippen MR) is 259 cm³/mol. The van der Waals surface area contributed by atoms with Gasteiger partial charge in [0.05, 0.1) is 60.9 Å². The molecule has 2 atom stereocenters. The summed E-state index contributed by atoms with van der Waals surface area (Å²) in [5.74, 6) is -2.88. The standard InChI is InChI=1S/C49H49Cl2N9O11/c1-26(2)58-42-40(49(67)59(35-22-31(51)24-57(4)47(35)65)41(42)28-9-11-30(50)12-10-28)56-43(58)33-21-29(23-54-45(33)68-5)27(3)52-15-17-69-19-20-70-18-16-53-38(62)25-71-36-8-6-7-32-39(36)48(66)60(46(32)64)34-13-14-37(61)55-44(34)63/h6-12,21-24,26,34,41,52H,3,13-20,25H2,1-2,4-5H3,(H,53,62)(H,55,61,63)/t34?,41-/m0/s1. The summed E-state index contributed by atoms with van der Waals surface area (Å²) in [6.07, 6.45) is 3.10. The number of aromatic nitrogens is 4. The fourth-order valence-electron chi connectivity index (χ4n) is 8.66. The van der Waals surface area contributed by atoms with Gasteiger partial charge in [0, 0.05) is 61.3 Å². The van der Waals surface area contributed by atoms with Crippen molar-refractivity contribution in [3.8, 4) is 23.0 Å². The molecule has 5 aromatic rings. The molecule has 0 radical (unpaired) electrons. The summed E-state index contributed by atoms with van der Waals surface area (Å²) < 4.78 is 25.9. The lowest BCUT2D eigenvalue weighted by molar-refractivity contribution is -0.136. The number of imide groups is 2. The first-order valence-corrected chi connectivity index (χ1v) is 23.3. The van der Waals surface area contributed by atoms with Gasteiger partial charge in [-0.3, -0.25) is 48.7 Å². The minimum Gasteiger partial charge on any atom is -0.483 e. The van der Waals surface area contributed by atoms with Gasteiger partial charge in [-0.1, -0.05) is 48.0 Å². The van der Waals surface area contributed by atoms with Crippen LogP contribution in [0.5, 0.6) is 11.6 Å². The van der Waals surface area contributed by atoms with Crippen molar-refractivity contribution in [1.82, 2.24) is 40.0 Å². The largest absolute Gasteiger partial charge is 0.483 e. The van der Waals surface area contributed by atoms with Gasteiger partial charge in [0.2, 0.25) is 17.7 Å². The number of piperidine rings is 1. The highest BCUT2D eigenvalue weighted by molar-refractivity contribution is 6.31. The maximum absolute atomic E-state index is 14.5. The fourth-order valence-corrected chi connectivity index (χ4v) is 9.03. The van der Waals surface area contributed by atoms with E-state index in [-0.39, 0.29) is 84.4 Å². The van der Waals surface area contributed by atoms with Crippen LogP contribution in [0.4, 0.5) is 5.69 Å². The highest BCUT2D eigenvalue weighted by Crippen LogP contribution is 2.45. The first-order chi connectivity index (χ1) is 34.1. The van der Waals surface area contributed by atoms with Gasteiger partial charge in [0.1, 0.15) is 29.3 Å². The summed E-state index contributed by atoms with van der Waals surface area (Å²) in [6.45, 7) is 9.25. The van der Waals surface area contributed by atoms with Gasteiger partial charge < -0.3 is 38.7 Å². The average Bonchev–Trinajstić information content (AvgIpc) is 3.96. The Hall–Kier alpha value is -7.39. The van der Waals surface area contributed by atoms with Crippen LogP contribution in [0.1, 0.15) is 86.8 Å². The van der Waals surface area contributed by atoms with Gasteiger partial charge in [-0.2, -0.15) is 0 Å². The van der Waals surface area contributed by atoms with E-state index in [0.717, 1.165) is 4.90 Å². The molecule has 1 fully saturated rings. The number of carbonyl (C=O) groups is 6. The number of hydrogen-bond donors (Lipinski definition) is 3. The van der Waals surface area contributed by atoms with E-state index in [1.807, 2.05) is 36.6 Å². The molecule has 0 saturated carbocycles. The van der Waals surface area contributed by atoms with Gasteiger partial charge in [-0.05, 0) is 62.2 Å². The van der Waals surface area contributed by atoms with Crippen molar-refractivity contribution in [3.63, 3.8) is 0 Å². The zero-order chi connectivity index (χ0) is 50.7. The number of aryl methyl sites for hydroxylation is 1. The number of carbonyl (C=O) groups excluding carboxylic acids is 6. The number of hydrogen-bond acceptors (Lipinski definition) is 14. The Bertz CT molecular complexity index is 3030. The smallest absolute Gasteiger partial charge is 0.279 e. The minimum atomic E-state index is -1.13. The Labute approximate surface area is 416 Å². The third-order valence-corrected chi connectivity index (χ3v) is 12.4. The maximum atomic E-state index is 14.5. The summed E-state index contributed by atoms with van der Waals surface area (Å²) in [7, 11) is 3.07. The number of nitrogens with zero attached hydrogens (tertiary/aromatic N) is 6. The molecule has 0 bridgehead atoms. The lowest BCUT2D eigenvalue weighted by atomic mass is 10.0. The number of fused-ring (bicyclic) bond motifs is 2. The summed E-state index contributed by atoms with van der Waals surface area (Å²) in [6, 6.07) is 12.7. The molecular weight excluding hydrogens is 961 g/mol. The fraction of sp³-hybridized carbons (Fsp3) is 0.327. The Morgan fingerprint density at radius 2 is 1.61 bits per heavy atom. The van der Waals surface area contributed by atoms with E-state index < -0.39 is 59.7 Å². The van der Waals surface area contributed by atoms with Crippen LogP contribution in [-0.2, 0) is 30.9 Å². The summed E-state index contributed by atoms with van der Waals surface area (Å²) in [4.78, 5) is 103. The van der Waals surface area contributed by atoms with Crippen molar-refractivity contribution in [2.45, 2.75) is 44.8 Å². The topological polar surface area (TPSA) is 235 Å². The number of amides is 6. The molecule has 20 nitrogen and oxygen atoms in total. The maximum Gasteiger partial charge on any atom is 0.279 e. The Morgan fingerprint density at radius 1 is 0.887 bits per heavy atom. The second-order valence-electron chi connectivity index (χ2n) is 16.9. The number of halogens is 2. The SMILES string of the molecule is C=C(NCCOCCOCCNC(=O)COc1cccc2c1C(=O)N(C1CCC(=O)NC1=O)C2=O)c1cnc(OC)c(-c2nc3c(n2C(C)C)[C@H](c2ccc(Cl)cc2)N(c2cc(Cl)cn(C)c2=O)C3=O)c1. The molecule has 3 aliphatic rings. The van der Waals surface area contributed by atoms with E-state index in [1.54, 1.807) is 25.4 Å². The van der Waals surface area contributed by atoms with Crippen LogP contribution in [0, 0.1) is 0 Å². The van der Waals surface area contributed by atoms with Crippen molar-refractivity contribution in [3.05, 3.63) is 128 Å². The summed E-state index contributed by atoms with van der Waals surface area (Å²) >= 11 is 12.7. The molecular formula is C49H49Cl2N9O11. The normalized spacial score (nSPS) is 16.4. The van der Waals surface area contributed by atoms with E-state index in [0.29, 0.717) is 52.1 Å². The average molecular weight is 1010 g/mol. The van der Waals surface area contributed by atoms with Gasteiger partial charge in [0.25, 0.3) is 29.2 Å². The molecule has 3 aromatic heterocycles. The molecule has 3 N–H and O–H groups in total. The molecule has 6 heterocycles. The van der Waals surface area contributed by atoms with E-state index >= 15 is 0 Å². The molecule has 2 aromatic carbocycles. The lowest BCUT2D eigenvalue weighted by Crippen LogP contribution is -2.54. The molecule has 71 heavy (non-hydrogen) atoms. The third-order valence-electron chi connectivity index (χ3n) is 11.9. The van der Waals surface area contributed by atoms with Crippen molar-refractivity contribution in [2.75, 3.05) is 58.1 Å². The van der Waals surface area contributed by atoms with Crippen LogP contribution >= 0.6 is 23.2 Å². The molecule has 0 aliphatic carbocycles. The second kappa shape index (κ2) is 21.3. The van der Waals surface area contributed by atoms with Gasteiger partial charge in [-0.25, -0.2) is 9.97 Å². The van der Waals surface area contributed by atoms with E-state index in [2.05, 4.69) is 27.5 Å². The van der Waals surface area contributed by atoms with Crippen LogP contribution in [-0.4, -0.2) is 119 Å². The number of methoxy groups -OCH3 is 1. The molecule has 6 amide bonds. The van der Waals surface area contributed by atoms with Gasteiger partial charge in [0.15, 0.2) is 12.3 Å². The first-order valence-electron chi connectivity index (χ1n) is 22.5. The van der Waals surface area contributed by atoms with E-state index in [9.17, 15) is 33.6 Å². The molecule has 0 spiro atoms. The molecule has 1 saturated heterocycles. The lowest BCUT2D eigenvalue weighted by Gasteiger charge is -2.28. The van der Waals surface area contributed by atoms with Gasteiger partial charge in [-0.15, -0.1) is 0 Å². The van der Waals surface area contributed by atoms with Crippen LogP contribution in [0.2, 0.25) is 10.0 Å². The van der Waals surface area contributed by atoms with E-state index in [4.69, 9.17) is 47.1 Å². The highest BCUT2D eigenvalue weighted by Gasteiger charge is 2.47. The number of ether oxygens (including phenoxy) is 4. The van der Waals surface area contributed by atoms with Crippen molar-refractivity contribution >= 4 is 70.0 Å². The minimum absolute atomic E-state index is 0.0102. The number of imidazole rings is 1. The van der Waals surface area contributed by atoms with Crippen LogP contribution < -0.4 is 35.9 Å². The van der Waals surface area contributed by atoms with Crippen LogP contribution in [0.25, 0.3) is 17.1 Å². The number of nitrogens with one attached hydrogen (secondary N) is 3. The highest BCUT2D eigenvalue weighted by atomic mass is 35.5. The van der Waals surface area contributed by atoms with Crippen LogP contribution in [0.15, 0.2) is 78.4 Å². The molecule has 3 aliphatic heterocycles. The number of anilines is 1. The third kappa shape index (κ3) is 10.1. The number of rotatable bonds is 20. The zero-order valence-electron chi connectivity index (χ0n) is 39.1. The Balaban J connectivity index is 0.821. The quantitative estimate of drug-likeness (QED) is 0.0721. The molecule has 370 valence electrons. The number of pyridine rings is 2. The van der Waals surface area contributed by atoms with Gasteiger partial charge >= 0.3 is 0 Å². The number of benzene rings is 2.